The van der Waals surface area contributed by atoms with Crippen LogP contribution in [0.15, 0.2) is 0 Å². The number of nitrogens with one attached hydrogen (secondary N) is 1. The van der Waals surface area contributed by atoms with Crippen LogP contribution in [0, 0.1) is 5.92 Å². The third-order valence-electron chi connectivity index (χ3n) is 2.99. The van der Waals surface area contributed by atoms with Crippen molar-refractivity contribution in [2.45, 2.75) is 24.7 Å². The SMILES string of the molecule is COC[C@@H]1[C@@H](OC)[C@H](OC)C[C@H]1NOC. The quantitative estimate of drug-likeness (QED) is 0.647. The molecule has 5 heteroatoms. The maximum atomic E-state index is 5.46. The molecule has 1 aliphatic rings. The molecule has 1 N–H and O–H groups in total. The van der Waals surface area contributed by atoms with Crippen molar-refractivity contribution in [2.75, 3.05) is 35.0 Å². The summed E-state index contributed by atoms with van der Waals surface area (Å²) < 4.78 is 16.0. The van der Waals surface area contributed by atoms with Crippen molar-refractivity contribution < 1.29 is 19.0 Å². The second kappa shape index (κ2) is 6.40. The summed E-state index contributed by atoms with van der Waals surface area (Å²) in [7, 11) is 6.72. The van der Waals surface area contributed by atoms with Crippen LogP contribution in [0.5, 0.6) is 0 Å². The molecule has 0 aromatic carbocycles. The zero-order valence-electron chi connectivity index (χ0n) is 9.86. The van der Waals surface area contributed by atoms with Gasteiger partial charge in [-0.2, -0.15) is 5.48 Å². The van der Waals surface area contributed by atoms with Gasteiger partial charge >= 0.3 is 0 Å². The summed E-state index contributed by atoms with van der Waals surface area (Å²) in [6.45, 7) is 0.638. The Labute approximate surface area is 91.0 Å². The summed E-state index contributed by atoms with van der Waals surface area (Å²) in [5, 5.41) is 0. The standard InChI is InChI=1S/C10H21NO4/c1-12-6-7-8(11-15-4)5-9(13-2)10(7)14-3/h7-11H,5-6H2,1-4H3/t7-,8+,9+,10+/m0/s1. The minimum absolute atomic E-state index is 0.0580. The average Bonchev–Trinajstić information content (AvgIpc) is 2.57. The molecule has 90 valence electrons. The Bertz CT molecular complexity index is 179. The molecule has 0 spiro atoms. The predicted molar refractivity (Wildman–Crippen MR) is 55.5 cm³/mol. The fourth-order valence-corrected chi connectivity index (χ4v) is 2.31. The van der Waals surface area contributed by atoms with Crippen molar-refractivity contribution in [2.24, 2.45) is 5.92 Å². The van der Waals surface area contributed by atoms with Crippen LogP contribution < -0.4 is 5.48 Å². The summed E-state index contributed by atoms with van der Waals surface area (Å²) in [4.78, 5) is 4.97. The van der Waals surface area contributed by atoms with E-state index in [0.717, 1.165) is 6.42 Å². The molecule has 1 rings (SSSR count). The van der Waals surface area contributed by atoms with E-state index in [2.05, 4.69) is 5.48 Å². The first kappa shape index (κ1) is 12.9. The number of rotatable bonds is 6. The van der Waals surface area contributed by atoms with Crippen LogP contribution in [0.25, 0.3) is 0 Å². The molecule has 1 saturated carbocycles. The highest BCUT2D eigenvalue weighted by atomic mass is 16.6. The van der Waals surface area contributed by atoms with Crippen molar-refractivity contribution in [3.8, 4) is 0 Å². The number of hydrogen-bond donors (Lipinski definition) is 1. The van der Waals surface area contributed by atoms with Gasteiger partial charge in [0.25, 0.3) is 0 Å². The second-order valence-electron chi connectivity index (χ2n) is 3.76. The van der Waals surface area contributed by atoms with Crippen molar-refractivity contribution >= 4 is 0 Å². The minimum Gasteiger partial charge on any atom is -0.384 e. The van der Waals surface area contributed by atoms with Gasteiger partial charge in [-0.1, -0.05) is 0 Å². The smallest absolute Gasteiger partial charge is 0.0899 e. The highest BCUT2D eigenvalue weighted by molar-refractivity contribution is 4.95. The van der Waals surface area contributed by atoms with Crippen molar-refractivity contribution in [3.63, 3.8) is 0 Å². The molecule has 5 nitrogen and oxygen atoms in total. The highest BCUT2D eigenvalue weighted by Gasteiger charge is 2.44. The monoisotopic (exact) mass is 219 g/mol. The lowest BCUT2D eigenvalue weighted by Crippen LogP contribution is -2.38. The maximum absolute atomic E-state index is 5.46. The summed E-state index contributed by atoms with van der Waals surface area (Å²) in [5.41, 5.74) is 2.97. The van der Waals surface area contributed by atoms with Crippen LogP contribution in [0.3, 0.4) is 0 Å². The Morgan fingerprint density at radius 2 is 1.87 bits per heavy atom. The molecule has 0 bridgehead atoms. The molecule has 4 atom stereocenters. The first-order valence-electron chi connectivity index (χ1n) is 5.11. The Morgan fingerprint density at radius 3 is 2.33 bits per heavy atom. The number of hydroxylamine groups is 1. The summed E-state index contributed by atoms with van der Waals surface area (Å²) in [5.74, 6) is 0.255. The lowest BCUT2D eigenvalue weighted by molar-refractivity contribution is -0.0517. The molecule has 1 aliphatic carbocycles. The number of ether oxygens (including phenoxy) is 3. The van der Waals surface area contributed by atoms with Crippen molar-refractivity contribution in [3.05, 3.63) is 0 Å². The average molecular weight is 219 g/mol. The van der Waals surface area contributed by atoms with Gasteiger partial charge in [-0.25, -0.2) is 0 Å². The molecule has 0 aromatic heterocycles. The Morgan fingerprint density at radius 1 is 1.13 bits per heavy atom. The normalized spacial score (nSPS) is 36.0. The zero-order chi connectivity index (χ0) is 11.3. The van der Waals surface area contributed by atoms with Crippen molar-refractivity contribution in [1.29, 1.82) is 0 Å². The van der Waals surface area contributed by atoms with Gasteiger partial charge in [-0.15, -0.1) is 0 Å². The second-order valence-corrected chi connectivity index (χ2v) is 3.76. The van der Waals surface area contributed by atoms with Gasteiger partial charge in [0.1, 0.15) is 0 Å². The highest BCUT2D eigenvalue weighted by Crippen LogP contribution is 2.31. The maximum Gasteiger partial charge on any atom is 0.0899 e. The first-order chi connectivity index (χ1) is 7.28. The molecule has 15 heavy (non-hydrogen) atoms. The van der Waals surface area contributed by atoms with E-state index in [1.54, 1.807) is 28.4 Å². The van der Waals surface area contributed by atoms with Gasteiger partial charge in [0.05, 0.1) is 25.9 Å². The molecule has 0 amide bonds. The van der Waals surface area contributed by atoms with Gasteiger partial charge in [0, 0.05) is 33.3 Å². The number of methoxy groups -OCH3 is 3. The van der Waals surface area contributed by atoms with Crippen LogP contribution in [-0.2, 0) is 19.0 Å². The van der Waals surface area contributed by atoms with E-state index in [1.165, 1.54) is 0 Å². The van der Waals surface area contributed by atoms with Gasteiger partial charge in [0.15, 0.2) is 0 Å². The Hall–Kier alpha value is -0.200. The fraction of sp³-hybridized carbons (Fsp3) is 1.00. The van der Waals surface area contributed by atoms with E-state index in [9.17, 15) is 0 Å². The van der Waals surface area contributed by atoms with E-state index >= 15 is 0 Å². The largest absolute Gasteiger partial charge is 0.384 e. The van der Waals surface area contributed by atoms with E-state index in [-0.39, 0.29) is 24.2 Å². The van der Waals surface area contributed by atoms with Crippen LogP contribution in [-0.4, -0.2) is 53.3 Å². The van der Waals surface area contributed by atoms with Crippen LogP contribution in [0.2, 0.25) is 0 Å². The first-order valence-corrected chi connectivity index (χ1v) is 5.11. The Kier molecular flexibility index (Phi) is 5.49. The van der Waals surface area contributed by atoms with E-state index in [1.807, 2.05) is 0 Å². The van der Waals surface area contributed by atoms with Crippen LogP contribution in [0.4, 0.5) is 0 Å². The third kappa shape index (κ3) is 2.89. The molecule has 1 fully saturated rings. The molecule has 0 saturated heterocycles. The summed E-state index contributed by atoms with van der Waals surface area (Å²) in [6, 6.07) is 0.213. The van der Waals surface area contributed by atoms with Gasteiger partial charge in [0.2, 0.25) is 0 Å². The van der Waals surface area contributed by atoms with Gasteiger partial charge < -0.3 is 19.0 Å². The Balaban J connectivity index is 2.64. The molecule has 0 radical (unpaired) electrons. The van der Waals surface area contributed by atoms with E-state index < -0.39 is 0 Å². The summed E-state index contributed by atoms with van der Waals surface area (Å²) >= 11 is 0. The molecule has 0 unspecified atom stereocenters. The van der Waals surface area contributed by atoms with Gasteiger partial charge in [-0.05, 0) is 6.42 Å². The number of hydrogen-bond acceptors (Lipinski definition) is 5. The fourth-order valence-electron chi connectivity index (χ4n) is 2.31. The lowest BCUT2D eigenvalue weighted by atomic mass is 10.0. The van der Waals surface area contributed by atoms with E-state index in [0.29, 0.717) is 6.61 Å². The van der Waals surface area contributed by atoms with E-state index in [4.69, 9.17) is 19.0 Å². The molecular weight excluding hydrogens is 198 g/mol. The molecular formula is C10H21NO4. The van der Waals surface area contributed by atoms with Crippen LogP contribution in [0.1, 0.15) is 6.42 Å². The lowest BCUT2D eigenvalue weighted by Gasteiger charge is -2.24. The molecule has 0 heterocycles. The van der Waals surface area contributed by atoms with Crippen LogP contribution >= 0.6 is 0 Å². The molecule has 0 aromatic rings. The third-order valence-corrected chi connectivity index (χ3v) is 2.99. The zero-order valence-corrected chi connectivity index (χ0v) is 9.86. The minimum atomic E-state index is 0.0580. The summed E-state index contributed by atoms with van der Waals surface area (Å²) in [6.07, 6.45) is 1.03. The predicted octanol–water partition coefficient (Wildman–Crippen LogP) is 0.202. The van der Waals surface area contributed by atoms with Crippen molar-refractivity contribution in [1.82, 2.24) is 5.48 Å². The van der Waals surface area contributed by atoms with Gasteiger partial charge in [-0.3, -0.25) is 0 Å². The topological polar surface area (TPSA) is 49.0 Å². The molecule has 0 aliphatic heterocycles.